The minimum absolute atomic E-state index is 0.482. The Hall–Kier alpha value is -1.84. The molecule has 2 aromatic rings. The van der Waals surface area contributed by atoms with Crippen LogP contribution in [0.4, 0.5) is 5.69 Å². The molecule has 19 heavy (non-hydrogen) atoms. The third-order valence-corrected chi connectivity index (χ3v) is 3.17. The van der Waals surface area contributed by atoms with E-state index in [9.17, 15) is 0 Å². The van der Waals surface area contributed by atoms with E-state index >= 15 is 0 Å². The highest BCUT2D eigenvalue weighted by atomic mass is 16.5. The second-order valence-corrected chi connectivity index (χ2v) is 4.73. The monoisotopic (exact) mass is 259 g/mol. The third-order valence-electron chi connectivity index (χ3n) is 3.17. The lowest BCUT2D eigenvalue weighted by molar-refractivity contribution is 0.425. The molecule has 0 aliphatic rings. The Bertz CT molecular complexity index is 522. The number of nitrogens with one attached hydrogen (secondary N) is 1. The predicted molar refractivity (Wildman–Crippen MR) is 77.1 cm³/mol. The van der Waals surface area contributed by atoms with Gasteiger partial charge in [-0.2, -0.15) is 4.98 Å². The fourth-order valence-electron chi connectivity index (χ4n) is 2.15. The van der Waals surface area contributed by atoms with Crippen LogP contribution in [0.2, 0.25) is 0 Å². The summed E-state index contributed by atoms with van der Waals surface area (Å²) in [6.45, 7) is 6.24. The van der Waals surface area contributed by atoms with Crippen LogP contribution < -0.4 is 5.32 Å². The molecule has 0 fully saturated rings. The maximum atomic E-state index is 5.27. The fourth-order valence-corrected chi connectivity index (χ4v) is 2.15. The average molecular weight is 259 g/mol. The normalized spacial score (nSPS) is 12.4. The van der Waals surface area contributed by atoms with Gasteiger partial charge in [0.25, 0.3) is 5.89 Å². The Balaban J connectivity index is 2.25. The molecule has 0 radical (unpaired) electrons. The van der Waals surface area contributed by atoms with Crippen LogP contribution in [0.25, 0.3) is 11.5 Å². The third kappa shape index (κ3) is 3.34. The molecule has 1 atom stereocenters. The van der Waals surface area contributed by atoms with E-state index in [-0.39, 0.29) is 0 Å². The highest BCUT2D eigenvalue weighted by Crippen LogP contribution is 2.27. The minimum atomic E-state index is 0.482. The highest BCUT2D eigenvalue weighted by molar-refractivity contribution is 5.72. The Morgan fingerprint density at radius 1 is 1.26 bits per heavy atom. The van der Waals surface area contributed by atoms with Crippen molar-refractivity contribution in [2.24, 2.45) is 0 Å². The molecule has 0 amide bonds. The summed E-state index contributed by atoms with van der Waals surface area (Å²) in [7, 11) is 0. The highest BCUT2D eigenvalue weighted by Gasteiger charge is 2.13. The zero-order chi connectivity index (χ0) is 13.7. The summed E-state index contributed by atoms with van der Waals surface area (Å²) >= 11 is 0. The van der Waals surface area contributed by atoms with Crippen molar-refractivity contribution in [3.63, 3.8) is 0 Å². The summed E-state index contributed by atoms with van der Waals surface area (Å²) in [5, 5.41) is 7.43. The lowest BCUT2D eigenvalue weighted by Crippen LogP contribution is -2.18. The van der Waals surface area contributed by atoms with E-state index in [0.717, 1.165) is 24.1 Å². The van der Waals surface area contributed by atoms with Gasteiger partial charge in [0.2, 0.25) is 0 Å². The van der Waals surface area contributed by atoms with Gasteiger partial charge in [-0.1, -0.05) is 37.6 Å². The van der Waals surface area contributed by atoms with Gasteiger partial charge in [-0.15, -0.1) is 0 Å². The van der Waals surface area contributed by atoms with Crippen molar-refractivity contribution >= 4 is 5.69 Å². The molecule has 1 aromatic carbocycles. The second-order valence-electron chi connectivity index (χ2n) is 4.73. The lowest BCUT2D eigenvalue weighted by Gasteiger charge is -2.18. The van der Waals surface area contributed by atoms with Gasteiger partial charge in [0.1, 0.15) is 0 Å². The van der Waals surface area contributed by atoms with E-state index in [4.69, 9.17) is 4.52 Å². The first-order valence-corrected chi connectivity index (χ1v) is 6.90. The van der Waals surface area contributed by atoms with Crippen LogP contribution >= 0.6 is 0 Å². The molecule has 0 aliphatic heterocycles. The molecule has 4 heteroatoms. The lowest BCUT2D eigenvalue weighted by atomic mass is 10.1. The number of nitrogens with zero attached hydrogens (tertiary/aromatic N) is 2. The van der Waals surface area contributed by atoms with E-state index in [1.807, 2.05) is 25.1 Å². The van der Waals surface area contributed by atoms with Gasteiger partial charge in [-0.05, 0) is 31.9 Å². The Labute approximate surface area is 114 Å². The van der Waals surface area contributed by atoms with E-state index < -0.39 is 0 Å². The standard InChI is InChI=1S/C15H21N3O/c1-4-8-12(5-2)17-14-10-7-6-9-13(14)15-16-11(3)18-19-15/h6-7,9-10,12,17H,4-5,8H2,1-3H3. The first-order chi connectivity index (χ1) is 9.24. The van der Waals surface area contributed by atoms with Gasteiger partial charge in [-0.3, -0.25) is 0 Å². The molecule has 0 bridgehead atoms. The second kappa shape index (κ2) is 6.36. The topological polar surface area (TPSA) is 51.0 Å². The van der Waals surface area contributed by atoms with Crippen LogP contribution in [0, 0.1) is 6.92 Å². The number of hydrogen-bond donors (Lipinski definition) is 1. The van der Waals surface area contributed by atoms with Gasteiger partial charge in [0, 0.05) is 11.7 Å². The van der Waals surface area contributed by atoms with Crippen molar-refractivity contribution in [3.05, 3.63) is 30.1 Å². The predicted octanol–water partition coefficient (Wildman–Crippen LogP) is 4.04. The SMILES string of the molecule is CCCC(CC)Nc1ccccc1-c1nc(C)no1. The van der Waals surface area contributed by atoms with Crippen molar-refractivity contribution in [3.8, 4) is 11.5 Å². The molecular weight excluding hydrogens is 238 g/mol. The van der Waals surface area contributed by atoms with E-state index in [1.54, 1.807) is 0 Å². The van der Waals surface area contributed by atoms with Crippen molar-refractivity contribution in [1.82, 2.24) is 10.1 Å². The maximum Gasteiger partial charge on any atom is 0.260 e. The van der Waals surface area contributed by atoms with Gasteiger partial charge >= 0.3 is 0 Å². The number of aromatic nitrogens is 2. The van der Waals surface area contributed by atoms with Gasteiger partial charge in [0.05, 0.1) is 5.56 Å². The van der Waals surface area contributed by atoms with Crippen molar-refractivity contribution in [2.45, 2.75) is 46.1 Å². The summed E-state index contributed by atoms with van der Waals surface area (Å²) in [4.78, 5) is 4.30. The maximum absolute atomic E-state index is 5.27. The zero-order valence-electron chi connectivity index (χ0n) is 11.8. The van der Waals surface area contributed by atoms with E-state index in [1.165, 1.54) is 6.42 Å². The molecule has 1 heterocycles. The van der Waals surface area contributed by atoms with Gasteiger partial charge in [-0.25, -0.2) is 0 Å². The molecule has 4 nitrogen and oxygen atoms in total. The minimum Gasteiger partial charge on any atom is -0.382 e. The summed E-state index contributed by atoms with van der Waals surface area (Å²) in [5.41, 5.74) is 2.03. The summed E-state index contributed by atoms with van der Waals surface area (Å²) in [6, 6.07) is 8.56. The molecule has 0 saturated heterocycles. The first-order valence-electron chi connectivity index (χ1n) is 6.90. The molecule has 2 rings (SSSR count). The Morgan fingerprint density at radius 2 is 2.05 bits per heavy atom. The Morgan fingerprint density at radius 3 is 2.68 bits per heavy atom. The van der Waals surface area contributed by atoms with Crippen LogP contribution in [0.3, 0.4) is 0 Å². The fraction of sp³-hybridized carbons (Fsp3) is 0.467. The smallest absolute Gasteiger partial charge is 0.260 e. The largest absolute Gasteiger partial charge is 0.382 e. The molecule has 102 valence electrons. The number of hydrogen-bond acceptors (Lipinski definition) is 4. The first kappa shape index (κ1) is 13.6. The van der Waals surface area contributed by atoms with Crippen LogP contribution in [-0.4, -0.2) is 16.2 Å². The number of rotatable bonds is 6. The molecule has 1 unspecified atom stereocenters. The van der Waals surface area contributed by atoms with Crippen molar-refractivity contribution in [2.75, 3.05) is 5.32 Å². The van der Waals surface area contributed by atoms with Gasteiger partial charge in [0.15, 0.2) is 5.82 Å². The summed E-state index contributed by atoms with van der Waals surface area (Å²) < 4.78 is 5.27. The summed E-state index contributed by atoms with van der Waals surface area (Å²) in [6.07, 6.45) is 3.44. The molecule has 0 saturated carbocycles. The molecule has 0 aliphatic carbocycles. The quantitative estimate of drug-likeness (QED) is 0.850. The molecule has 1 N–H and O–H groups in total. The number of para-hydroxylation sites is 1. The number of anilines is 1. The van der Waals surface area contributed by atoms with Crippen molar-refractivity contribution < 1.29 is 4.52 Å². The van der Waals surface area contributed by atoms with Crippen LogP contribution in [0.5, 0.6) is 0 Å². The number of aryl methyl sites for hydroxylation is 1. The molecular formula is C15H21N3O. The van der Waals surface area contributed by atoms with E-state index in [0.29, 0.717) is 17.8 Å². The Kier molecular flexibility index (Phi) is 4.55. The molecule has 0 spiro atoms. The van der Waals surface area contributed by atoms with Gasteiger partial charge < -0.3 is 9.84 Å². The number of benzene rings is 1. The van der Waals surface area contributed by atoms with E-state index in [2.05, 4.69) is 35.4 Å². The van der Waals surface area contributed by atoms with Crippen LogP contribution in [-0.2, 0) is 0 Å². The zero-order valence-corrected chi connectivity index (χ0v) is 11.8. The van der Waals surface area contributed by atoms with Crippen molar-refractivity contribution in [1.29, 1.82) is 0 Å². The average Bonchev–Trinajstić information content (AvgIpc) is 2.85. The summed E-state index contributed by atoms with van der Waals surface area (Å²) in [5.74, 6) is 1.23. The van der Waals surface area contributed by atoms with Crippen LogP contribution in [0.1, 0.15) is 38.9 Å². The molecule has 1 aromatic heterocycles. The van der Waals surface area contributed by atoms with Crippen LogP contribution in [0.15, 0.2) is 28.8 Å².